The second kappa shape index (κ2) is 7.76. The van der Waals surface area contributed by atoms with Gasteiger partial charge in [-0.1, -0.05) is 6.92 Å². The predicted molar refractivity (Wildman–Crippen MR) is 103 cm³/mol. The molecule has 0 radical (unpaired) electrons. The normalized spacial score (nSPS) is 47.1. The second-order valence-electron chi connectivity index (χ2n) is 10.7. The first-order valence-corrected chi connectivity index (χ1v) is 11.5. The third kappa shape index (κ3) is 3.64. The highest BCUT2D eigenvalue weighted by molar-refractivity contribution is 5.06. The molecular formula is C23H37F3O2. The van der Waals surface area contributed by atoms with E-state index >= 15 is 0 Å². The molecule has 0 saturated heterocycles. The van der Waals surface area contributed by atoms with Gasteiger partial charge < -0.3 is 9.84 Å². The van der Waals surface area contributed by atoms with Gasteiger partial charge in [0.25, 0.3) is 0 Å². The zero-order chi connectivity index (χ0) is 20.1. The monoisotopic (exact) mass is 402 g/mol. The minimum Gasteiger partial charge on any atom is -0.391 e. The van der Waals surface area contributed by atoms with E-state index in [0.717, 1.165) is 25.7 Å². The van der Waals surface area contributed by atoms with Crippen molar-refractivity contribution in [3.63, 3.8) is 0 Å². The average Bonchev–Trinajstić information content (AvgIpc) is 2.97. The van der Waals surface area contributed by atoms with E-state index in [2.05, 4.69) is 6.92 Å². The van der Waals surface area contributed by atoms with Crippen molar-refractivity contribution in [3.8, 4) is 0 Å². The van der Waals surface area contributed by atoms with E-state index in [9.17, 15) is 18.3 Å². The van der Waals surface area contributed by atoms with Crippen molar-refractivity contribution < 1.29 is 23.0 Å². The van der Waals surface area contributed by atoms with E-state index in [4.69, 9.17) is 4.74 Å². The zero-order valence-electron chi connectivity index (χ0n) is 17.4. The van der Waals surface area contributed by atoms with Crippen molar-refractivity contribution >= 4 is 0 Å². The fraction of sp³-hybridized carbons (Fsp3) is 1.00. The van der Waals surface area contributed by atoms with Crippen LogP contribution in [0.4, 0.5) is 13.2 Å². The first-order chi connectivity index (χ1) is 13.2. The van der Waals surface area contributed by atoms with Gasteiger partial charge in [0.1, 0.15) is 0 Å². The van der Waals surface area contributed by atoms with Crippen molar-refractivity contribution in [2.24, 2.45) is 46.8 Å². The third-order valence-corrected chi connectivity index (χ3v) is 9.53. The molecule has 0 bridgehead atoms. The van der Waals surface area contributed by atoms with Crippen LogP contribution in [0.15, 0.2) is 0 Å². The van der Waals surface area contributed by atoms with Gasteiger partial charge in [0, 0.05) is 7.11 Å². The number of methoxy groups -OCH3 is 1. The summed E-state index contributed by atoms with van der Waals surface area (Å²) in [4.78, 5) is 0. The van der Waals surface area contributed by atoms with Crippen LogP contribution in [-0.4, -0.2) is 31.1 Å². The Balaban J connectivity index is 1.44. The summed E-state index contributed by atoms with van der Waals surface area (Å²) in [5.41, 5.74) is 0.298. The standard InChI is InChI=1S/C23H37F3O2/c1-22-10-9-19-18-7-4-16(23(24,25)26)11-14(18)3-6-20(19)21(22)8-5-15(22)12-17(27)13-28-2/h14-21,27H,3-13H2,1-2H3/t14-,15?,16+,17?,18+,19?,20-,21?,22-/m1/s1. The number of alkyl halides is 3. The largest absolute Gasteiger partial charge is 0.391 e. The lowest BCUT2D eigenvalue weighted by atomic mass is 9.49. The van der Waals surface area contributed by atoms with Crippen molar-refractivity contribution in [2.75, 3.05) is 13.7 Å². The van der Waals surface area contributed by atoms with Gasteiger partial charge in [-0.05, 0) is 105 Å². The molecule has 0 heterocycles. The van der Waals surface area contributed by atoms with Crippen LogP contribution in [0.1, 0.15) is 71.1 Å². The topological polar surface area (TPSA) is 29.5 Å². The van der Waals surface area contributed by atoms with Crippen molar-refractivity contribution in [1.29, 1.82) is 0 Å². The maximum atomic E-state index is 13.2. The lowest BCUT2D eigenvalue weighted by Crippen LogP contribution is -2.49. The molecule has 162 valence electrons. The highest BCUT2D eigenvalue weighted by Crippen LogP contribution is 2.65. The minimum absolute atomic E-state index is 0.298. The highest BCUT2D eigenvalue weighted by Gasteiger charge is 2.58. The summed E-state index contributed by atoms with van der Waals surface area (Å²) in [5.74, 6) is 2.37. The molecule has 0 aromatic carbocycles. The maximum Gasteiger partial charge on any atom is 0.391 e. The molecule has 5 heteroatoms. The van der Waals surface area contributed by atoms with Crippen molar-refractivity contribution in [1.82, 2.24) is 0 Å². The van der Waals surface area contributed by atoms with Gasteiger partial charge in [-0.3, -0.25) is 0 Å². The number of halogens is 3. The predicted octanol–water partition coefficient (Wildman–Crippen LogP) is 5.83. The SMILES string of the molecule is COCC(O)CC1CCC2[C@@H]3CC[C@@H]4C[C@@H](C(F)(F)F)CC[C@@H]4C3CC[C@]12C. The van der Waals surface area contributed by atoms with Gasteiger partial charge in [-0.15, -0.1) is 0 Å². The molecule has 4 saturated carbocycles. The molecule has 4 rings (SSSR count). The minimum atomic E-state index is -4.01. The van der Waals surface area contributed by atoms with E-state index < -0.39 is 12.1 Å². The Hall–Kier alpha value is -0.290. The smallest absolute Gasteiger partial charge is 0.391 e. The Bertz CT molecular complexity index is 550. The number of aliphatic hydroxyl groups excluding tert-OH is 1. The van der Waals surface area contributed by atoms with Crippen LogP contribution in [0.3, 0.4) is 0 Å². The van der Waals surface area contributed by atoms with Crippen LogP contribution in [0, 0.1) is 46.8 Å². The van der Waals surface area contributed by atoms with Gasteiger partial charge in [-0.25, -0.2) is 0 Å². The van der Waals surface area contributed by atoms with Gasteiger partial charge in [0.15, 0.2) is 0 Å². The van der Waals surface area contributed by atoms with Gasteiger partial charge in [0.05, 0.1) is 18.6 Å². The number of rotatable bonds is 4. The molecule has 2 nitrogen and oxygen atoms in total. The molecular weight excluding hydrogens is 365 g/mol. The lowest BCUT2D eigenvalue weighted by molar-refractivity contribution is -0.196. The summed E-state index contributed by atoms with van der Waals surface area (Å²) in [6.07, 6.45) is 4.90. The summed E-state index contributed by atoms with van der Waals surface area (Å²) < 4.78 is 44.8. The average molecular weight is 403 g/mol. The third-order valence-electron chi connectivity index (χ3n) is 9.53. The quantitative estimate of drug-likeness (QED) is 0.641. The summed E-state index contributed by atoms with van der Waals surface area (Å²) in [7, 11) is 1.64. The van der Waals surface area contributed by atoms with Crippen LogP contribution >= 0.6 is 0 Å². The van der Waals surface area contributed by atoms with Crippen LogP contribution in [0.5, 0.6) is 0 Å². The highest BCUT2D eigenvalue weighted by atomic mass is 19.4. The Morgan fingerprint density at radius 3 is 2.46 bits per heavy atom. The molecule has 0 aromatic rings. The molecule has 9 atom stereocenters. The summed E-state index contributed by atoms with van der Waals surface area (Å²) in [6, 6.07) is 0. The van der Waals surface area contributed by atoms with E-state index in [1.165, 1.54) is 25.7 Å². The molecule has 0 aliphatic heterocycles. The van der Waals surface area contributed by atoms with E-state index in [1.54, 1.807) is 7.11 Å². The number of fused-ring (bicyclic) bond motifs is 5. The fourth-order valence-electron chi connectivity index (χ4n) is 8.24. The van der Waals surface area contributed by atoms with Crippen LogP contribution in [0.2, 0.25) is 0 Å². The Kier molecular flexibility index (Phi) is 5.81. The van der Waals surface area contributed by atoms with Crippen molar-refractivity contribution in [2.45, 2.75) is 83.4 Å². The van der Waals surface area contributed by atoms with E-state index in [-0.39, 0.29) is 6.10 Å². The number of hydrogen-bond acceptors (Lipinski definition) is 2. The van der Waals surface area contributed by atoms with E-state index in [1.807, 2.05) is 0 Å². The fourth-order valence-corrected chi connectivity index (χ4v) is 8.24. The van der Waals surface area contributed by atoms with Gasteiger partial charge in [-0.2, -0.15) is 13.2 Å². The van der Waals surface area contributed by atoms with Crippen molar-refractivity contribution in [3.05, 3.63) is 0 Å². The molecule has 0 spiro atoms. The molecule has 0 aromatic heterocycles. The first-order valence-electron chi connectivity index (χ1n) is 11.5. The summed E-state index contributed by atoms with van der Waals surface area (Å²) >= 11 is 0. The second-order valence-corrected chi connectivity index (χ2v) is 10.7. The molecule has 0 amide bonds. The van der Waals surface area contributed by atoms with Crippen LogP contribution in [0.25, 0.3) is 0 Å². The molecule has 4 fully saturated rings. The van der Waals surface area contributed by atoms with Gasteiger partial charge >= 0.3 is 6.18 Å². The first kappa shape index (κ1) is 21.0. The lowest BCUT2D eigenvalue weighted by Gasteiger charge is -2.56. The summed E-state index contributed by atoms with van der Waals surface area (Å²) in [5, 5.41) is 10.3. The van der Waals surface area contributed by atoms with Crippen LogP contribution < -0.4 is 0 Å². The Morgan fingerprint density at radius 1 is 1.00 bits per heavy atom. The molecule has 4 aliphatic carbocycles. The maximum absolute atomic E-state index is 13.2. The number of aliphatic hydroxyl groups is 1. The molecule has 1 N–H and O–H groups in total. The Morgan fingerprint density at radius 2 is 1.75 bits per heavy atom. The Labute approximate surface area is 167 Å². The number of hydrogen-bond donors (Lipinski definition) is 1. The molecule has 4 unspecified atom stereocenters. The number of ether oxygens (including phenoxy) is 1. The summed E-state index contributed by atoms with van der Waals surface area (Å²) in [6.45, 7) is 2.85. The van der Waals surface area contributed by atoms with E-state index in [0.29, 0.717) is 60.4 Å². The van der Waals surface area contributed by atoms with Gasteiger partial charge in [0.2, 0.25) is 0 Å². The van der Waals surface area contributed by atoms with Crippen LogP contribution in [-0.2, 0) is 4.74 Å². The molecule has 28 heavy (non-hydrogen) atoms. The zero-order valence-corrected chi connectivity index (χ0v) is 17.4. The molecule has 4 aliphatic rings.